The second-order valence-corrected chi connectivity index (χ2v) is 25.1. The number of aromatic hydroxyl groups is 1. The summed E-state index contributed by atoms with van der Waals surface area (Å²) in [5.41, 5.74) is -5.13. The first-order valence-corrected chi connectivity index (χ1v) is 34.1. The molecule has 34 nitrogen and oxygen atoms in total. The van der Waals surface area contributed by atoms with Crippen LogP contribution in [0.4, 0.5) is 22.0 Å². The van der Waals surface area contributed by atoms with Crippen LogP contribution in [0.2, 0.25) is 0 Å². The number of phenolic OH excluding ortho intramolecular Hbond substituents is 1. The maximum atomic E-state index is 14.8. The van der Waals surface area contributed by atoms with Crippen molar-refractivity contribution in [3.8, 4) is 28.2 Å². The van der Waals surface area contributed by atoms with E-state index in [9.17, 15) is 130 Å². The highest BCUT2D eigenvalue weighted by Crippen LogP contribution is 2.43. The smallest absolute Gasteiger partial charge is 0.417 e. The van der Waals surface area contributed by atoms with Crippen molar-refractivity contribution in [2.45, 2.75) is 56.9 Å². The van der Waals surface area contributed by atoms with Crippen molar-refractivity contribution in [3.05, 3.63) is 157 Å². The van der Waals surface area contributed by atoms with E-state index in [1.807, 2.05) is 0 Å². The van der Waals surface area contributed by atoms with Crippen LogP contribution in [0.15, 0.2) is 100 Å². The number of ketones is 1. The third kappa shape index (κ3) is 26.9. The predicted octanol–water partition coefficient (Wildman–Crippen LogP) is 4.06. The molecule has 0 saturated heterocycles. The monoisotopic (exact) mass is 1580 g/mol. The van der Waals surface area contributed by atoms with Gasteiger partial charge < -0.3 is 90.5 Å². The summed E-state index contributed by atoms with van der Waals surface area (Å²) in [5, 5.41) is 87.6. The standard InChI is InChI=1S/C73H79F5N8O26/c1-83(2)18-5-6-55(87)47-30-42(9-11-50(47)73(76,77)78)66(99)79-14-4-3-7-60(90)84(35-40-26-43(68(101)80-15-12-53(71(105)106)85(36-61(91)92)37-62(93)94)28-44(27-40)69(102)81-16-13-54(72(107)108)86(38-63(95)96)39-64(97)98)19-21-110-23-25-111-24-22-109-20-17-82-67(100)41-8-10-45(46(29-41)70(103)104)65-48-31-51(74)56(88)33-58(48)112-59-34-57(89)52(75)32-49(59)65/h5-6,8-11,26-34,53-54,88H,3-4,7,12-25,35-39H2,1-2H3,(H,79,99)(H,80,101)(H,81,102)(H,82,100)(H,91,92)(H,93,94)(H,95,96)(H,97,98)(H,103,104)(H,105,106)(H,107,108)/b6-5+. The molecule has 2 aliphatic rings. The Labute approximate surface area is 632 Å². The Kier molecular flexibility index (Phi) is 33.4. The number of hydrogen-bond donors (Lipinski definition) is 12. The van der Waals surface area contributed by atoms with Crippen molar-refractivity contribution in [1.82, 2.24) is 40.9 Å². The Hall–Kier alpha value is -12.2. The number of phenols is 1. The fraction of sp³-hybridized carbons (Fsp3) is 0.370. The molecule has 602 valence electrons. The van der Waals surface area contributed by atoms with Gasteiger partial charge in [0.2, 0.25) is 11.3 Å². The van der Waals surface area contributed by atoms with Crippen molar-refractivity contribution in [1.29, 1.82) is 0 Å². The second kappa shape index (κ2) is 42.1. The lowest BCUT2D eigenvalue weighted by Crippen LogP contribution is -2.48. The van der Waals surface area contributed by atoms with Gasteiger partial charge in [0.25, 0.3) is 23.6 Å². The third-order valence-corrected chi connectivity index (χ3v) is 16.6. The van der Waals surface area contributed by atoms with Crippen LogP contribution in [0.3, 0.4) is 0 Å². The minimum atomic E-state index is -4.95. The maximum absolute atomic E-state index is 14.8. The molecular weight excluding hydrogens is 1500 g/mol. The summed E-state index contributed by atoms with van der Waals surface area (Å²) in [6, 6.07) is 9.08. The van der Waals surface area contributed by atoms with Crippen LogP contribution in [-0.2, 0) is 60.5 Å². The molecule has 4 aromatic rings. The summed E-state index contributed by atoms with van der Waals surface area (Å²) in [4.78, 5) is 182. The molecule has 1 aliphatic heterocycles. The largest absolute Gasteiger partial charge is 0.505 e. The number of nitrogens with one attached hydrogen (secondary N) is 4. The summed E-state index contributed by atoms with van der Waals surface area (Å²) in [5.74, 6) is -19.7. The zero-order chi connectivity index (χ0) is 82.7. The van der Waals surface area contributed by atoms with Crippen LogP contribution in [0.5, 0.6) is 5.75 Å². The van der Waals surface area contributed by atoms with Gasteiger partial charge in [0, 0.05) is 109 Å². The number of allylic oxidation sites excluding steroid dienone is 1. The van der Waals surface area contributed by atoms with E-state index in [-0.39, 0.29) is 146 Å². The molecule has 112 heavy (non-hydrogen) atoms. The van der Waals surface area contributed by atoms with Crippen molar-refractivity contribution in [2.24, 2.45) is 0 Å². The maximum Gasteiger partial charge on any atom is 0.417 e. The number of alkyl halides is 3. The molecule has 12 N–H and O–H groups in total. The van der Waals surface area contributed by atoms with Crippen molar-refractivity contribution in [2.75, 3.05) is 119 Å². The molecule has 1 heterocycles. The number of carbonyl (C=O) groups is 13. The van der Waals surface area contributed by atoms with Gasteiger partial charge in [-0.15, -0.1) is 0 Å². The zero-order valence-corrected chi connectivity index (χ0v) is 60.0. The molecule has 6 rings (SSSR count). The fourth-order valence-electron chi connectivity index (χ4n) is 11.4. The molecule has 0 radical (unpaired) electrons. The second-order valence-electron chi connectivity index (χ2n) is 25.1. The number of unbranched alkanes of at least 4 members (excludes halogenated alkanes) is 1. The van der Waals surface area contributed by atoms with E-state index in [1.54, 1.807) is 19.0 Å². The lowest BCUT2D eigenvalue weighted by molar-refractivity contribution is -0.152. The van der Waals surface area contributed by atoms with Crippen LogP contribution in [0.1, 0.15) is 105 Å². The molecule has 1 aliphatic carbocycles. The fourth-order valence-corrected chi connectivity index (χ4v) is 11.4. The van der Waals surface area contributed by atoms with Gasteiger partial charge in [-0.2, -0.15) is 13.2 Å². The van der Waals surface area contributed by atoms with Crippen molar-refractivity contribution < 1.29 is 144 Å². The number of halogens is 5. The van der Waals surface area contributed by atoms with E-state index in [4.69, 9.17) is 18.6 Å². The Bertz CT molecular complexity index is 4430. The van der Waals surface area contributed by atoms with E-state index in [2.05, 4.69) is 21.3 Å². The minimum Gasteiger partial charge on any atom is -0.505 e. The van der Waals surface area contributed by atoms with Crippen LogP contribution >= 0.6 is 0 Å². The number of carbonyl (C=O) groups excluding carboxylic acids is 6. The first-order chi connectivity index (χ1) is 52.9. The van der Waals surface area contributed by atoms with Crippen molar-refractivity contribution >= 4 is 88.1 Å². The zero-order valence-electron chi connectivity index (χ0n) is 60.0. The average molecular weight is 1580 g/mol. The first kappa shape index (κ1) is 88.7. The average Bonchev–Trinajstić information content (AvgIpc) is 0.739. The highest BCUT2D eigenvalue weighted by molar-refractivity contribution is 6.10. The number of amides is 5. The van der Waals surface area contributed by atoms with E-state index in [0.717, 1.165) is 54.6 Å². The molecule has 0 spiro atoms. The van der Waals surface area contributed by atoms with E-state index in [0.29, 0.717) is 15.9 Å². The highest BCUT2D eigenvalue weighted by atomic mass is 19.4. The summed E-state index contributed by atoms with van der Waals surface area (Å²) in [6.45, 7) is -6.32. The molecule has 0 saturated carbocycles. The van der Waals surface area contributed by atoms with Gasteiger partial charge >= 0.3 is 48.0 Å². The molecule has 0 aromatic heterocycles. The Morgan fingerprint density at radius 1 is 0.545 bits per heavy atom. The number of aliphatic carboxylic acids is 6. The molecule has 5 amide bonds. The highest BCUT2D eigenvalue weighted by Gasteiger charge is 2.36. The van der Waals surface area contributed by atoms with Gasteiger partial charge in [-0.05, 0) is 118 Å². The number of carboxylic acids is 7. The molecule has 39 heteroatoms. The summed E-state index contributed by atoms with van der Waals surface area (Å²) in [7, 11) is 3.34. The molecular formula is C73H79F5N8O26. The third-order valence-electron chi connectivity index (χ3n) is 16.6. The molecule has 2 unspecified atom stereocenters. The number of hydrogen-bond acceptors (Lipinski definition) is 22. The number of carboxylic acid groups (broad SMARTS) is 7. The Balaban J connectivity index is 1.14. The van der Waals surface area contributed by atoms with Gasteiger partial charge in [0.15, 0.2) is 23.2 Å². The van der Waals surface area contributed by atoms with Crippen LogP contribution < -0.4 is 26.7 Å². The van der Waals surface area contributed by atoms with Crippen LogP contribution in [-0.4, -0.2) is 269 Å². The predicted molar refractivity (Wildman–Crippen MR) is 380 cm³/mol. The first-order valence-electron chi connectivity index (χ1n) is 34.1. The van der Waals surface area contributed by atoms with Gasteiger partial charge in [-0.1, -0.05) is 12.1 Å². The lowest BCUT2D eigenvalue weighted by Gasteiger charge is -2.26. The number of aromatic carboxylic acids is 1. The van der Waals surface area contributed by atoms with E-state index >= 15 is 0 Å². The summed E-state index contributed by atoms with van der Waals surface area (Å²) in [6.07, 6.45) is -3.90. The number of ether oxygens (including phenoxy) is 3. The number of fused-ring (bicyclic) bond motifs is 2. The molecule has 2 atom stereocenters. The van der Waals surface area contributed by atoms with E-state index in [1.165, 1.54) is 35.2 Å². The lowest BCUT2D eigenvalue weighted by atomic mass is 9.89. The summed E-state index contributed by atoms with van der Waals surface area (Å²) >= 11 is 0. The van der Waals surface area contributed by atoms with Gasteiger partial charge in [-0.25, -0.2) is 13.6 Å². The normalized spacial score (nSPS) is 12.1. The molecule has 0 bridgehead atoms. The van der Waals surface area contributed by atoms with Gasteiger partial charge in [0.05, 0.1) is 76.9 Å². The van der Waals surface area contributed by atoms with E-state index < -0.39 is 194 Å². The number of likely N-dealkylation sites (N-methyl/N-ethyl adjacent to an activating group) is 1. The molecule has 0 fully saturated rings. The Morgan fingerprint density at radius 2 is 1.04 bits per heavy atom. The SMILES string of the molecule is CN(C)C/C=C/C(=O)c1cc(C(=O)NCCCCC(=O)N(CCOCCOCCOCCNC(=O)c2ccc(-c3c4cc(F)c(=O)cc-4oc4cc(O)c(F)cc34)c(C(=O)O)c2)Cc2cc(C(=O)NCCC(C(=O)O)N(CC(=O)O)CC(=O)O)cc(C(=O)NCCC(C(=O)O)N(CC(=O)O)CC(=O)O)c2)ccc1C(F)(F)F. The topological polar surface area (TPSA) is 503 Å². The van der Waals surface area contributed by atoms with Crippen LogP contribution in [0.25, 0.3) is 33.4 Å². The van der Waals surface area contributed by atoms with Gasteiger partial charge in [0.1, 0.15) is 23.4 Å². The molecule has 4 aromatic carbocycles. The number of benzene rings is 5. The summed E-state index contributed by atoms with van der Waals surface area (Å²) < 4.78 is 94.1. The van der Waals surface area contributed by atoms with Crippen LogP contribution in [0, 0.1) is 11.6 Å². The minimum absolute atomic E-state index is 0.0205. The van der Waals surface area contributed by atoms with Crippen molar-refractivity contribution in [3.63, 3.8) is 0 Å². The quantitative estimate of drug-likeness (QED) is 0.00842. The number of rotatable bonds is 47. The number of nitrogens with zero attached hydrogens (tertiary/aromatic N) is 4. The Morgan fingerprint density at radius 3 is 1.56 bits per heavy atom. The van der Waals surface area contributed by atoms with Gasteiger partial charge in [-0.3, -0.25) is 72.1 Å².